The topological polar surface area (TPSA) is 54.9 Å². The van der Waals surface area contributed by atoms with Gasteiger partial charge in [0.15, 0.2) is 5.13 Å². The summed E-state index contributed by atoms with van der Waals surface area (Å²) >= 11 is 13.2. The first-order valence-corrected chi connectivity index (χ1v) is 9.16. The Morgan fingerprint density at radius 2 is 1.76 bits per heavy atom. The molecule has 2 heterocycles. The number of thiazole rings is 1. The average molecular weight is 392 g/mol. The van der Waals surface area contributed by atoms with Gasteiger partial charge in [-0.25, -0.2) is 9.97 Å². The normalized spacial score (nSPS) is 10.8. The summed E-state index contributed by atoms with van der Waals surface area (Å²) in [5.74, 6) is -0.439. The smallest absolute Gasteiger partial charge is 0.277 e. The summed E-state index contributed by atoms with van der Waals surface area (Å²) in [6.07, 6.45) is 0. The number of aromatic nitrogens is 2. The second kappa shape index (κ2) is 7.12. The van der Waals surface area contributed by atoms with Crippen LogP contribution in [-0.4, -0.2) is 15.9 Å². The van der Waals surface area contributed by atoms with Crippen molar-refractivity contribution in [2.45, 2.75) is 20.8 Å². The number of amides is 1. The fourth-order valence-corrected chi connectivity index (χ4v) is 3.80. The predicted octanol–water partition coefficient (Wildman–Crippen LogP) is 5.69. The fraction of sp³-hybridized carbons (Fsp3) is 0.167. The number of pyridine rings is 1. The molecular weight excluding hydrogens is 377 g/mol. The number of rotatable bonds is 3. The number of anilines is 1. The molecule has 1 aromatic carbocycles. The van der Waals surface area contributed by atoms with Gasteiger partial charge in [0.2, 0.25) is 0 Å². The van der Waals surface area contributed by atoms with Crippen LogP contribution in [0.25, 0.3) is 11.3 Å². The van der Waals surface area contributed by atoms with Crippen LogP contribution in [0.5, 0.6) is 0 Å². The minimum absolute atomic E-state index is 0.0774. The Kier molecular flexibility index (Phi) is 5.08. The van der Waals surface area contributed by atoms with Gasteiger partial charge >= 0.3 is 0 Å². The summed E-state index contributed by atoms with van der Waals surface area (Å²) in [5, 5.41) is 5.59. The first-order valence-electron chi connectivity index (χ1n) is 7.52. The van der Waals surface area contributed by atoms with E-state index < -0.39 is 5.91 Å². The number of carbonyl (C=O) groups excluding carboxylic acids is 1. The second-order valence-corrected chi connectivity index (χ2v) is 7.38. The number of nitrogens with one attached hydrogen (secondary N) is 1. The zero-order valence-corrected chi connectivity index (χ0v) is 16.2. The number of benzene rings is 1. The van der Waals surface area contributed by atoms with E-state index in [0.29, 0.717) is 5.13 Å². The molecule has 4 nitrogen and oxygen atoms in total. The van der Waals surface area contributed by atoms with Crippen molar-refractivity contribution in [3.63, 3.8) is 0 Å². The zero-order chi connectivity index (χ0) is 18.1. The van der Waals surface area contributed by atoms with Gasteiger partial charge in [-0.3, -0.25) is 10.1 Å². The van der Waals surface area contributed by atoms with Gasteiger partial charge in [-0.2, -0.15) is 0 Å². The Morgan fingerprint density at radius 1 is 1.08 bits per heavy atom. The maximum atomic E-state index is 12.4. The van der Waals surface area contributed by atoms with E-state index in [1.807, 2.05) is 5.38 Å². The average Bonchev–Trinajstić information content (AvgIpc) is 2.96. The minimum Gasteiger partial charge on any atom is -0.296 e. The van der Waals surface area contributed by atoms with Gasteiger partial charge in [0.25, 0.3) is 5.91 Å². The monoisotopic (exact) mass is 391 g/mol. The highest BCUT2D eigenvalue weighted by molar-refractivity contribution is 7.14. The standard InChI is InChI=1S/C18H15Cl2N3OS/c1-9-6-10(2)15(11(3)7-9)13-8-25-18(21-13)23-17(24)16-12(19)4-5-14(20)22-16/h4-8H,1-3H3,(H,21,23,24). The molecule has 0 radical (unpaired) electrons. The summed E-state index contributed by atoms with van der Waals surface area (Å²) in [4.78, 5) is 20.9. The first-order chi connectivity index (χ1) is 11.8. The van der Waals surface area contributed by atoms with Crippen molar-refractivity contribution >= 4 is 45.6 Å². The number of hydrogen-bond acceptors (Lipinski definition) is 4. The zero-order valence-electron chi connectivity index (χ0n) is 13.9. The Balaban J connectivity index is 1.88. The highest BCUT2D eigenvalue weighted by atomic mass is 35.5. The summed E-state index contributed by atoms with van der Waals surface area (Å²) < 4.78 is 0. The highest BCUT2D eigenvalue weighted by Gasteiger charge is 2.16. The lowest BCUT2D eigenvalue weighted by Crippen LogP contribution is -2.14. The molecule has 0 spiro atoms. The Bertz CT molecular complexity index is 946. The van der Waals surface area contributed by atoms with Crippen LogP contribution in [0.3, 0.4) is 0 Å². The van der Waals surface area contributed by atoms with Crippen LogP contribution in [0.2, 0.25) is 10.2 Å². The molecule has 0 saturated heterocycles. The van der Waals surface area contributed by atoms with Crippen LogP contribution in [0.1, 0.15) is 27.2 Å². The molecule has 0 unspecified atom stereocenters. The molecule has 0 aliphatic heterocycles. The molecule has 0 aliphatic carbocycles. The molecule has 25 heavy (non-hydrogen) atoms. The SMILES string of the molecule is Cc1cc(C)c(-c2csc(NC(=O)c3nc(Cl)ccc3Cl)n2)c(C)c1. The van der Waals surface area contributed by atoms with Gasteiger partial charge in [0.1, 0.15) is 10.8 Å². The molecule has 7 heteroatoms. The lowest BCUT2D eigenvalue weighted by molar-refractivity contribution is 0.102. The maximum absolute atomic E-state index is 12.4. The minimum atomic E-state index is -0.439. The third kappa shape index (κ3) is 3.84. The van der Waals surface area contributed by atoms with Crippen molar-refractivity contribution in [2.24, 2.45) is 0 Å². The third-order valence-electron chi connectivity index (χ3n) is 3.68. The van der Waals surface area contributed by atoms with Gasteiger partial charge in [-0.15, -0.1) is 11.3 Å². The Hall–Kier alpha value is -1.95. The van der Waals surface area contributed by atoms with Gasteiger partial charge in [-0.1, -0.05) is 40.9 Å². The summed E-state index contributed by atoms with van der Waals surface area (Å²) in [6, 6.07) is 7.31. The van der Waals surface area contributed by atoms with Crippen molar-refractivity contribution in [2.75, 3.05) is 5.32 Å². The quantitative estimate of drug-likeness (QED) is 0.583. The van der Waals surface area contributed by atoms with E-state index in [4.69, 9.17) is 23.2 Å². The molecule has 3 rings (SSSR count). The van der Waals surface area contributed by atoms with Crippen molar-refractivity contribution in [1.82, 2.24) is 9.97 Å². The summed E-state index contributed by atoms with van der Waals surface area (Å²) in [5.41, 5.74) is 5.51. The predicted molar refractivity (Wildman–Crippen MR) is 104 cm³/mol. The molecule has 128 valence electrons. The number of halogens is 2. The highest BCUT2D eigenvalue weighted by Crippen LogP contribution is 2.31. The molecule has 0 fully saturated rings. The summed E-state index contributed by atoms with van der Waals surface area (Å²) in [7, 11) is 0. The number of hydrogen-bond donors (Lipinski definition) is 1. The second-order valence-electron chi connectivity index (χ2n) is 5.73. The lowest BCUT2D eigenvalue weighted by atomic mass is 9.98. The summed E-state index contributed by atoms with van der Waals surface area (Å²) in [6.45, 7) is 6.18. The molecule has 2 aromatic heterocycles. The number of carbonyl (C=O) groups is 1. The van der Waals surface area contributed by atoms with Crippen LogP contribution in [0.4, 0.5) is 5.13 Å². The molecule has 0 saturated carbocycles. The lowest BCUT2D eigenvalue weighted by Gasteiger charge is -2.08. The van der Waals surface area contributed by atoms with Gasteiger partial charge in [-0.05, 0) is 44.0 Å². The van der Waals surface area contributed by atoms with E-state index in [0.717, 1.165) is 22.4 Å². The van der Waals surface area contributed by atoms with Crippen molar-refractivity contribution < 1.29 is 4.79 Å². The molecule has 1 N–H and O–H groups in total. The molecule has 0 aliphatic rings. The molecule has 1 amide bonds. The van der Waals surface area contributed by atoms with Crippen LogP contribution in [0, 0.1) is 20.8 Å². The van der Waals surface area contributed by atoms with Gasteiger partial charge in [0.05, 0.1) is 10.7 Å². The Morgan fingerprint density at radius 3 is 2.44 bits per heavy atom. The number of aryl methyl sites for hydroxylation is 3. The van der Waals surface area contributed by atoms with E-state index in [-0.39, 0.29) is 15.9 Å². The van der Waals surface area contributed by atoms with Gasteiger partial charge < -0.3 is 0 Å². The molecule has 0 bridgehead atoms. The van der Waals surface area contributed by atoms with Crippen molar-refractivity contribution in [1.29, 1.82) is 0 Å². The Labute approximate surface area is 159 Å². The van der Waals surface area contributed by atoms with Crippen molar-refractivity contribution in [3.8, 4) is 11.3 Å². The van der Waals surface area contributed by atoms with Gasteiger partial charge in [0, 0.05) is 10.9 Å². The maximum Gasteiger partial charge on any atom is 0.277 e. The molecule has 3 aromatic rings. The van der Waals surface area contributed by atoms with E-state index in [1.165, 1.54) is 29.0 Å². The first kappa shape index (κ1) is 17.9. The van der Waals surface area contributed by atoms with Crippen LogP contribution in [0.15, 0.2) is 29.6 Å². The van der Waals surface area contributed by atoms with E-state index in [1.54, 1.807) is 0 Å². The largest absolute Gasteiger partial charge is 0.296 e. The fourth-order valence-electron chi connectivity index (χ4n) is 2.76. The molecular formula is C18H15Cl2N3OS. The number of nitrogens with zero attached hydrogens (tertiary/aromatic N) is 2. The van der Waals surface area contributed by atoms with Crippen LogP contribution < -0.4 is 5.32 Å². The van der Waals surface area contributed by atoms with E-state index >= 15 is 0 Å². The van der Waals surface area contributed by atoms with Crippen molar-refractivity contribution in [3.05, 3.63) is 62.2 Å². The molecule has 0 atom stereocenters. The van der Waals surface area contributed by atoms with Crippen LogP contribution in [-0.2, 0) is 0 Å². The van der Waals surface area contributed by atoms with E-state index in [2.05, 4.69) is 48.2 Å². The third-order valence-corrected chi connectivity index (χ3v) is 4.96. The van der Waals surface area contributed by atoms with E-state index in [9.17, 15) is 4.79 Å². The van der Waals surface area contributed by atoms with Crippen LogP contribution >= 0.6 is 34.5 Å².